The van der Waals surface area contributed by atoms with Gasteiger partial charge in [0.15, 0.2) is 0 Å². The fraction of sp³-hybridized carbons (Fsp3) is 0.571. The van der Waals surface area contributed by atoms with Gasteiger partial charge in [-0.05, 0) is 37.3 Å². The van der Waals surface area contributed by atoms with Crippen molar-refractivity contribution in [3.63, 3.8) is 0 Å². The summed E-state index contributed by atoms with van der Waals surface area (Å²) in [7, 11) is 1.87. The Balaban J connectivity index is 2.17. The summed E-state index contributed by atoms with van der Waals surface area (Å²) in [4.78, 5) is 0. The summed E-state index contributed by atoms with van der Waals surface area (Å²) in [5.74, 6) is 0.420. The highest BCUT2D eigenvalue weighted by Gasteiger charge is 2.31. The first-order chi connectivity index (χ1) is 14.7. The van der Waals surface area contributed by atoms with Gasteiger partial charge in [-0.2, -0.15) is 0 Å². The monoisotopic (exact) mass is 410 g/mol. The fourth-order valence-electron chi connectivity index (χ4n) is 4.51. The third-order valence-electron chi connectivity index (χ3n) is 6.54. The largest absolute Gasteiger partial charge is 0.381 e. The zero-order chi connectivity index (χ0) is 21.7. The van der Waals surface area contributed by atoms with Gasteiger partial charge in [-0.3, -0.25) is 0 Å². The van der Waals surface area contributed by atoms with Crippen molar-refractivity contribution in [1.29, 1.82) is 0 Å². The molecule has 30 heavy (non-hydrogen) atoms. The Morgan fingerprint density at radius 2 is 1.40 bits per heavy atom. The van der Waals surface area contributed by atoms with Crippen LogP contribution in [0.15, 0.2) is 60.7 Å². The normalized spacial score (nSPS) is 13.9. The van der Waals surface area contributed by atoms with Gasteiger partial charge in [-0.15, -0.1) is 0 Å². The van der Waals surface area contributed by atoms with Crippen molar-refractivity contribution >= 4 is 0 Å². The van der Waals surface area contributed by atoms with Gasteiger partial charge in [-0.1, -0.05) is 100 Å². The van der Waals surface area contributed by atoms with E-state index < -0.39 is 0 Å². The zero-order valence-electron chi connectivity index (χ0n) is 19.6. The molecule has 0 radical (unpaired) electrons. The molecule has 0 bridgehead atoms. The predicted octanol–water partition coefficient (Wildman–Crippen LogP) is 7.41. The van der Waals surface area contributed by atoms with Crippen LogP contribution in [0.4, 0.5) is 0 Å². The van der Waals surface area contributed by atoms with Gasteiger partial charge in [0.1, 0.15) is 0 Å². The maximum atomic E-state index is 5.99. The van der Waals surface area contributed by atoms with E-state index in [0.29, 0.717) is 5.92 Å². The van der Waals surface area contributed by atoms with E-state index in [1.807, 2.05) is 7.11 Å². The van der Waals surface area contributed by atoms with Crippen LogP contribution >= 0.6 is 0 Å². The Morgan fingerprint density at radius 1 is 0.800 bits per heavy atom. The summed E-state index contributed by atoms with van der Waals surface area (Å²) in [6, 6.07) is 21.9. The maximum Gasteiger partial charge on any atom is 0.0621 e. The highest BCUT2D eigenvalue weighted by Crippen LogP contribution is 2.38. The molecule has 0 aliphatic heterocycles. The first kappa shape index (κ1) is 24.6. The molecule has 2 unspecified atom stereocenters. The molecule has 0 amide bonds. The van der Waals surface area contributed by atoms with Crippen LogP contribution in [-0.2, 0) is 14.9 Å². The van der Waals surface area contributed by atoms with Crippen molar-refractivity contribution in [2.24, 2.45) is 5.92 Å². The van der Waals surface area contributed by atoms with Crippen LogP contribution in [0, 0.1) is 5.92 Å². The predicted molar refractivity (Wildman–Crippen MR) is 128 cm³/mol. The molecule has 2 aromatic carbocycles. The van der Waals surface area contributed by atoms with Crippen LogP contribution < -0.4 is 0 Å². The van der Waals surface area contributed by atoms with Gasteiger partial charge < -0.3 is 9.47 Å². The number of hydrogen-bond donors (Lipinski definition) is 0. The van der Waals surface area contributed by atoms with Crippen molar-refractivity contribution in [2.75, 3.05) is 20.3 Å². The molecule has 0 heterocycles. The Kier molecular flexibility index (Phi) is 11.2. The first-order valence-electron chi connectivity index (χ1n) is 11.9. The minimum Gasteiger partial charge on any atom is -0.381 e. The molecule has 0 saturated carbocycles. The van der Waals surface area contributed by atoms with Gasteiger partial charge >= 0.3 is 0 Å². The van der Waals surface area contributed by atoms with Gasteiger partial charge in [0, 0.05) is 25.0 Å². The molecule has 2 nitrogen and oxygen atoms in total. The van der Waals surface area contributed by atoms with Gasteiger partial charge in [0.05, 0.1) is 12.7 Å². The second-order valence-corrected chi connectivity index (χ2v) is 8.65. The zero-order valence-corrected chi connectivity index (χ0v) is 19.6. The summed E-state index contributed by atoms with van der Waals surface area (Å²) in [5, 5.41) is 0. The highest BCUT2D eigenvalue weighted by molar-refractivity contribution is 5.38. The molecule has 2 aromatic rings. The number of methoxy groups -OCH3 is 1. The molecular formula is C28H42O2. The fourth-order valence-corrected chi connectivity index (χ4v) is 4.51. The molecule has 0 aliphatic rings. The summed E-state index contributed by atoms with van der Waals surface area (Å²) >= 11 is 0. The summed E-state index contributed by atoms with van der Waals surface area (Å²) < 4.78 is 11.9. The van der Waals surface area contributed by atoms with E-state index in [1.54, 1.807) is 0 Å². The Hall–Kier alpha value is -1.64. The SMILES string of the molecule is CCCCCCC(OC)C(CCC(C)(c1ccccc1)c1ccccc1)COCC. The minimum atomic E-state index is -0.0204. The van der Waals surface area contributed by atoms with E-state index in [2.05, 4.69) is 81.4 Å². The minimum absolute atomic E-state index is 0.0204. The van der Waals surface area contributed by atoms with Crippen molar-refractivity contribution in [3.8, 4) is 0 Å². The molecule has 0 saturated heterocycles. The van der Waals surface area contributed by atoms with Crippen LogP contribution in [0.25, 0.3) is 0 Å². The number of ether oxygens (including phenoxy) is 2. The van der Waals surface area contributed by atoms with Crippen LogP contribution in [-0.4, -0.2) is 26.4 Å². The summed E-state index contributed by atoms with van der Waals surface area (Å²) in [6.07, 6.45) is 8.68. The number of benzene rings is 2. The molecule has 0 aliphatic carbocycles. The van der Waals surface area contributed by atoms with Crippen LogP contribution in [0.5, 0.6) is 0 Å². The highest BCUT2D eigenvalue weighted by atomic mass is 16.5. The topological polar surface area (TPSA) is 18.5 Å². The Labute approximate surface area is 185 Å². The lowest BCUT2D eigenvalue weighted by Crippen LogP contribution is -2.31. The second kappa shape index (κ2) is 13.6. The van der Waals surface area contributed by atoms with E-state index in [9.17, 15) is 0 Å². The Morgan fingerprint density at radius 3 is 1.90 bits per heavy atom. The lowest BCUT2D eigenvalue weighted by Gasteiger charge is -2.34. The van der Waals surface area contributed by atoms with Crippen LogP contribution in [0.3, 0.4) is 0 Å². The molecule has 2 atom stereocenters. The molecular weight excluding hydrogens is 368 g/mol. The quantitative estimate of drug-likeness (QED) is 0.285. The molecule has 0 aromatic heterocycles. The number of unbranched alkanes of at least 4 members (excludes halogenated alkanes) is 3. The molecule has 2 rings (SSSR count). The molecule has 166 valence electrons. The van der Waals surface area contributed by atoms with Crippen LogP contribution in [0.1, 0.15) is 76.8 Å². The van der Waals surface area contributed by atoms with Crippen LogP contribution in [0.2, 0.25) is 0 Å². The molecule has 0 N–H and O–H groups in total. The van der Waals surface area contributed by atoms with Gasteiger partial charge in [-0.25, -0.2) is 0 Å². The van der Waals surface area contributed by atoms with E-state index in [1.165, 1.54) is 36.8 Å². The second-order valence-electron chi connectivity index (χ2n) is 8.65. The molecule has 2 heteroatoms. The van der Waals surface area contributed by atoms with E-state index in [-0.39, 0.29) is 11.5 Å². The van der Waals surface area contributed by atoms with Crippen molar-refractivity contribution in [1.82, 2.24) is 0 Å². The number of hydrogen-bond acceptors (Lipinski definition) is 2. The molecule has 0 spiro atoms. The Bertz CT molecular complexity index is 628. The maximum absolute atomic E-state index is 5.99. The summed E-state index contributed by atoms with van der Waals surface area (Å²) in [5.41, 5.74) is 2.74. The average molecular weight is 411 g/mol. The van der Waals surface area contributed by atoms with E-state index in [4.69, 9.17) is 9.47 Å². The van der Waals surface area contributed by atoms with E-state index >= 15 is 0 Å². The van der Waals surface area contributed by atoms with Crippen molar-refractivity contribution < 1.29 is 9.47 Å². The lowest BCUT2D eigenvalue weighted by atomic mass is 9.71. The van der Waals surface area contributed by atoms with E-state index in [0.717, 1.165) is 32.5 Å². The first-order valence-corrected chi connectivity index (χ1v) is 11.9. The van der Waals surface area contributed by atoms with Gasteiger partial charge in [0.2, 0.25) is 0 Å². The third-order valence-corrected chi connectivity index (χ3v) is 6.54. The lowest BCUT2D eigenvalue weighted by molar-refractivity contribution is -0.00671. The summed E-state index contributed by atoms with van der Waals surface area (Å²) in [6.45, 7) is 8.27. The van der Waals surface area contributed by atoms with Crippen molar-refractivity contribution in [3.05, 3.63) is 71.8 Å². The van der Waals surface area contributed by atoms with Crippen molar-refractivity contribution in [2.45, 2.75) is 77.2 Å². The number of rotatable bonds is 15. The standard InChI is InChI=1S/C28H42O2/c1-5-7-8-15-20-27(29-4)24(23-30-6-2)21-22-28(3,25-16-11-9-12-17-25)26-18-13-10-14-19-26/h9-14,16-19,24,27H,5-8,15,20-23H2,1-4H3. The molecule has 0 fully saturated rings. The van der Waals surface area contributed by atoms with Gasteiger partial charge in [0.25, 0.3) is 0 Å². The smallest absolute Gasteiger partial charge is 0.0621 e. The third kappa shape index (κ3) is 7.25. The average Bonchev–Trinajstić information content (AvgIpc) is 2.81.